The normalized spacial score (nSPS) is 14.5. The molecule has 0 atom stereocenters. The molecule has 104 valence electrons. The van der Waals surface area contributed by atoms with Crippen molar-refractivity contribution in [2.45, 2.75) is 28.8 Å². The summed E-state index contributed by atoms with van der Waals surface area (Å²) in [5, 5.41) is 2.89. The Kier molecular flexibility index (Phi) is 3.35. The predicted molar refractivity (Wildman–Crippen MR) is 85.4 cm³/mol. The zero-order valence-electron chi connectivity index (χ0n) is 11.0. The van der Waals surface area contributed by atoms with Crippen molar-refractivity contribution in [2.24, 2.45) is 0 Å². The molecular weight excluding hydrogens is 348 g/mol. The molecule has 4 nitrogen and oxygen atoms in total. The van der Waals surface area contributed by atoms with Crippen molar-refractivity contribution in [3.05, 3.63) is 47.1 Å². The smallest absolute Gasteiger partial charge is 0.134 e. The van der Waals surface area contributed by atoms with Crippen molar-refractivity contribution in [3.8, 4) is 0 Å². The topological polar surface area (TPSA) is 51.6 Å². The maximum atomic E-state index is 4.66. The van der Waals surface area contributed by atoms with E-state index in [0.717, 1.165) is 31.4 Å². The summed E-state index contributed by atoms with van der Waals surface area (Å²) in [7, 11) is 0. The lowest BCUT2D eigenvalue weighted by molar-refractivity contribution is 0.865. The Morgan fingerprint density at radius 3 is 2.81 bits per heavy atom. The molecule has 21 heavy (non-hydrogen) atoms. The van der Waals surface area contributed by atoms with Crippen LogP contribution in [0.4, 0.5) is 0 Å². The second kappa shape index (κ2) is 5.35. The van der Waals surface area contributed by atoms with Crippen molar-refractivity contribution in [1.82, 2.24) is 19.9 Å². The molecule has 4 rings (SSSR count). The van der Waals surface area contributed by atoms with Gasteiger partial charge in [0, 0.05) is 17.4 Å². The van der Waals surface area contributed by atoms with Gasteiger partial charge in [0.25, 0.3) is 0 Å². The van der Waals surface area contributed by atoms with Crippen molar-refractivity contribution in [1.29, 1.82) is 0 Å². The van der Waals surface area contributed by atoms with Crippen LogP contribution in [-0.4, -0.2) is 19.9 Å². The van der Waals surface area contributed by atoms with E-state index in [1.807, 2.05) is 30.3 Å². The minimum atomic E-state index is 0.531. The summed E-state index contributed by atoms with van der Waals surface area (Å²) in [5.74, 6) is 1.47. The van der Waals surface area contributed by atoms with Crippen LogP contribution in [0.25, 0.3) is 10.9 Å². The Morgan fingerprint density at radius 2 is 1.95 bits per heavy atom. The van der Waals surface area contributed by atoms with E-state index in [1.54, 1.807) is 18.1 Å². The molecule has 6 heteroatoms. The van der Waals surface area contributed by atoms with Gasteiger partial charge in [-0.05, 0) is 46.6 Å². The third-order valence-corrected chi connectivity index (χ3v) is 4.68. The van der Waals surface area contributed by atoms with Crippen molar-refractivity contribution >= 4 is 38.6 Å². The average Bonchev–Trinajstić information content (AvgIpc) is 3.32. The Labute approximate surface area is 134 Å². The van der Waals surface area contributed by atoms with Crippen LogP contribution in [0.3, 0.4) is 0 Å². The van der Waals surface area contributed by atoms with Crippen molar-refractivity contribution in [3.63, 3.8) is 0 Å². The predicted octanol–water partition coefficient (Wildman–Crippen LogP) is 4.21. The number of para-hydroxylation sites is 1. The van der Waals surface area contributed by atoms with Crippen LogP contribution in [0.1, 0.15) is 24.6 Å². The van der Waals surface area contributed by atoms with Gasteiger partial charge >= 0.3 is 0 Å². The molecule has 0 radical (unpaired) electrons. The second-order valence-electron chi connectivity index (χ2n) is 4.96. The minimum absolute atomic E-state index is 0.531. The Balaban J connectivity index is 1.74. The summed E-state index contributed by atoms with van der Waals surface area (Å²) in [6, 6.07) is 9.95. The number of hydrogen-bond acceptors (Lipinski definition) is 5. The lowest BCUT2D eigenvalue weighted by atomic mass is 10.2. The van der Waals surface area contributed by atoms with E-state index in [9.17, 15) is 0 Å². The third kappa shape index (κ3) is 2.78. The van der Waals surface area contributed by atoms with Gasteiger partial charge in [-0.2, -0.15) is 0 Å². The highest BCUT2D eigenvalue weighted by Crippen LogP contribution is 2.40. The van der Waals surface area contributed by atoms with E-state index in [-0.39, 0.29) is 0 Å². The number of halogens is 1. The molecule has 1 aliphatic rings. The molecule has 0 unspecified atom stereocenters. The highest BCUT2D eigenvalue weighted by atomic mass is 79.9. The zero-order valence-corrected chi connectivity index (χ0v) is 13.4. The first kappa shape index (κ1) is 13.2. The standard InChI is InChI=1S/C15H11BrN4S/c16-12-7-13(20-14(19-12)9-5-6-9)21-15-10-3-1-2-4-11(10)17-8-18-15/h1-4,7-9H,5-6H2. The largest absolute Gasteiger partial charge is 0.236 e. The Morgan fingerprint density at radius 1 is 1.10 bits per heavy atom. The SMILES string of the molecule is Brc1cc(Sc2ncnc3ccccc23)nc(C2CC2)n1. The maximum absolute atomic E-state index is 4.66. The molecule has 2 aromatic heterocycles. The monoisotopic (exact) mass is 358 g/mol. The molecular formula is C15H11BrN4S. The summed E-state index contributed by atoms with van der Waals surface area (Å²) < 4.78 is 0.834. The molecule has 1 saturated carbocycles. The third-order valence-electron chi connectivity index (χ3n) is 3.34. The highest BCUT2D eigenvalue weighted by molar-refractivity contribution is 9.10. The number of benzene rings is 1. The van der Waals surface area contributed by atoms with E-state index in [0.29, 0.717) is 5.92 Å². The molecule has 1 fully saturated rings. The Bertz CT molecular complexity index is 814. The van der Waals surface area contributed by atoms with Gasteiger partial charge in [0.2, 0.25) is 0 Å². The Hall–Kier alpha value is -1.53. The van der Waals surface area contributed by atoms with Crippen LogP contribution in [0, 0.1) is 0 Å². The van der Waals surface area contributed by atoms with Crippen molar-refractivity contribution < 1.29 is 0 Å². The number of fused-ring (bicyclic) bond motifs is 1. The second-order valence-corrected chi connectivity index (χ2v) is 6.78. The lowest BCUT2D eigenvalue weighted by Crippen LogP contribution is -1.95. The molecule has 0 amide bonds. The first-order valence-corrected chi connectivity index (χ1v) is 8.32. The summed E-state index contributed by atoms with van der Waals surface area (Å²) >= 11 is 5.03. The molecule has 0 N–H and O–H groups in total. The van der Waals surface area contributed by atoms with Gasteiger partial charge in [0.05, 0.1) is 5.52 Å². The molecule has 0 aliphatic heterocycles. The van der Waals surface area contributed by atoms with Crippen LogP contribution in [0.5, 0.6) is 0 Å². The van der Waals surface area contributed by atoms with E-state index in [1.165, 1.54) is 12.8 Å². The molecule has 1 aromatic carbocycles. The molecule has 0 spiro atoms. The van der Waals surface area contributed by atoms with Crippen LogP contribution < -0.4 is 0 Å². The summed E-state index contributed by atoms with van der Waals surface area (Å²) in [5.41, 5.74) is 0.950. The van der Waals surface area contributed by atoms with Gasteiger partial charge in [0.15, 0.2) is 0 Å². The van der Waals surface area contributed by atoms with E-state index in [2.05, 4.69) is 35.9 Å². The number of hydrogen-bond donors (Lipinski definition) is 0. The van der Waals surface area contributed by atoms with Gasteiger partial charge in [0.1, 0.15) is 26.8 Å². The van der Waals surface area contributed by atoms with Crippen LogP contribution >= 0.6 is 27.7 Å². The quantitative estimate of drug-likeness (QED) is 0.656. The number of aromatic nitrogens is 4. The van der Waals surface area contributed by atoms with Crippen LogP contribution in [0.15, 0.2) is 51.3 Å². The van der Waals surface area contributed by atoms with E-state index in [4.69, 9.17) is 0 Å². The van der Waals surface area contributed by atoms with Crippen LogP contribution in [-0.2, 0) is 0 Å². The summed E-state index contributed by atoms with van der Waals surface area (Å²) in [4.78, 5) is 17.8. The zero-order chi connectivity index (χ0) is 14.2. The molecule has 0 bridgehead atoms. The van der Waals surface area contributed by atoms with E-state index >= 15 is 0 Å². The van der Waals surface area contributed by atoms with Gasteiger partial charge in [-0.3, -0.25) is 0 Å². The van der Waals surface area contributed by atoms with Crippen molar-refractivity contribution in [2.75, 3.05) is 0 Å². The van der Waals surface area contributed by atoms with Gasteiger partial charge in [-0.1, -0.05) is 18.2 Å². The summed E-state index contributed by atoms with van der Waals surface area (Å²) in [6.07, 6.45) is 3.98. The first-order chi connectivity index (χ1) is 10.3. The fourth-order valence-corrected chi connectivity index (χ4v) is 3.59. The molecule has 3 aromatic rings. The first-order valence-electron chi connectivity index (χ1n) is 6.72. The van der Waals surface area contributed by atoms with Gasteiger partial charge in [-0.15, -0.1) is 0 Å². The average molecular weight is 359 g/mol. The molecule has 2 heterocycles. The molecule has 1 aliphatic carbocycles. The fraction of sp³-hybridized carbons (Fsp3) is 0.200. The van der Waals surface area contributed by atoms with Gasteiger partial charge < -0.3 is 0 Å². The highest BCUT2D eigenvalue weighted by Gasteiger charge is 2.27. The number of nitrogens with zero attached hydrogens (tertiary/aromatic N) is 4. The van der Waals surface area contributed by atoms with Crippen LogP contribution in [0.2, 0.25) is 0 Å². The molecule has 0 saturated heterocycles. The maximum Gasteiger partial charge on any atom is 0.134 e. The lowest BCUT2D eigenvalue weighted by Gasteiger charge is -2.06. The van der Waals surface area contributed by atoms with E-state index < -0.39 is 0 Å². The fourth-order valence-electron chi connectivity index (χ4n) is 2.15. The summed E-state index contributed by atoms with van der Waals surface area (Å²) in [6.45, 7) is 0. The minimum Gasteiger partial charge on any atom is -0.236 e. The number of rotatable bonds is 3. The van der Waals surface area contributed by atoms with Gasteiger partial charge in [-0.25, -0.2) is 19.9 Å².